The third-order valence-electron chi connectivity index (χ3n) is 4.98. The van der Waals surface area contributed by atoms with E-state index < -0.39 is 10.0 Å². The smallest absolute Gasteiger partial charge is 0.285 e. The number of halogens is 1. The molecule has 1 amide bonds. The van der Waals surface area contributed by atoms with E-state index in [0.29, 0.717) is 60.5 Å². The number of carbonyl (C=O) groups is 1. The first-order valence-electron chi connectivity index (χ1n) is 9.54. The molecule has 1 aromatic carbocycles. The predicted octanol–water partition coefficient (Wildman–Crippen LogP) is 3.39. The number of sulfonamides is 1. The molecule has 152 valence electrons. The van der Waals surface area contributed by atoms with Crippen molar-refractivity contribution in [3.8, 4) is 0 Å². The minimum atomic E-state index is -3.76. The minimum Gasteiger partial charge on any atom is -0.354 e. The second-order valence-electron chi connectivity index (χ2n) is 7.67. The van der Waals surface area contributed by atoms with Crippen molar-refractivity contribution in [1.29, 1.82) is 0 Å². The van der Waals surface area contributed by atoms with E-state index in [4.69, 9.17) is 11.6 Å². The SMILES string of the molecule is CC1=C(c2ccc(Cl)cc2)S(=O)(=O)N=C1N1CCCN(C(=O)CC(C)C)CC1. The normalized spacial score (nSPS) is 19.8. The fraction of sp³-hybridized carbons (Fsp3) is 0.500. The number of hydrogen-bond donors (Lipinski definition) is 0. The monoisotopic (exact) mass is 423 g/mol. The Morgan fingerprint density at radius 1 is 1.14 bits per heavy atom. The maximum Gasteiger partial charge on any atom is 0.285 e. The first-order chi connectivity index (χ1) is 13.2. The van der Waals surface area contributed by atoms with Crippen LogP contribution in [-0.4, -0.2) is 56.1 Å². The zero-order valence-electron chi connectivity index (χ0n) is 16.5. The van der Waals surface area contributed by atoms with Crippen molar-refractivity contribution in [3.05, 3.63) is 40.4 Å². The summed E-state index contributed by atoms with van der Waals surface area (Å²) in [5, 5.41) is 0.553. The van der Waals surface area contributed by atoms with Crippen LogP contribution in [0.25, 0.3) is 4.91 Å². The summed E-state index contributed by atoms with van der Waals surface area (Å²) < 4.78 is 29.5. The van der Waals surface area contributed by atoms with Gasteiger partial charge in [0.1, 0.15) is 10.7 Å². The number of carbonyl (C=O) groups excluding carboxylic acids is 1. The molecule has 2 heterocycles. The molecule has 0 radical (unpaired) electrons. The van der Waals surface area contributed by atoms with Crippen LogP contribution < -0.4 is 0 Å². The zero-order chi connectivity index (χ0) is 20.5. The molecule has 0 spiro atoms. The average Bonchev–Trinajstić information content (AvgIpc) is 2.78. The van der Waals surface area contributed by atoms with Crippen LogP contribution in [0.5, 0.6) is 0 Å². The van der Waals surface area contributed by atoms with Gasteiger partial charge in [-0.1, -0.05) is 37.6 Å². The molecular formula is C20H26ClN3O3S. The Morgan fingerprint density at radius 3 is 2.46 bits per heavy atom. The topological polar surface area (TPSA) is 70.1 Å². The van der Waals surface area contributed by atoms with Gasteiger partial charge >= 0.3 is 0 Å². The second-order valence-corrected chi connectivity index (χ2v) is 9.65. The molecule has 0 bridgehead atoms. The lowest BCUT2D eigenvalue weighted by Crippen LogP contribution is -2.37. The maximum absolute atomic E-state index is 12.7. The van der Waals surface area contributed by atoms with Gasteiger partial charge in [0.2, 0.25) is 5.91 Å². The van der Waals surface area contributed by atoms with Crippen molar-refractivity contribution in [1.82, 2.24) is 9.80 Å². The molecule has 1 aromatic rings. The van der Waals surface area contributed by atoms with Gasteiger partial charge in [0.05, 0.1) is 0 Å². The molecule has 0 atom stereocenters. The Labute approximate surface area is 171 Å². The van der Waals surface area contributed by atoms with Crippen molar-refractivity contribution in [2.45, 2.75) is 33.6 Å². The molecule has 2 aliphatic heterocycles. The van der Waals surface area contributed by atoms with Gasteiger partial charge in [-0.15, -0.1) is 4.40 Å². The predicted molar refractivity (Wildman–Crippen MR) is 113 cm³/mol. The van der Waals surface area contributed by atoms with Gasteiger partial charge in [-0.2, -0.15) is 8.42 Å². The molecule has 0 N–H and O–H groups in total. The summed E-state index contributed by atoms with van der Waals surface area (Å²) in [7, 11) is -3.76. The van der Waals surface area contributed by atoms with Gasteiger partial charge in [-0.25, -0.2) is 0 Å². The first-order valence-corrected chi connectivity index (χ1v) is 11.4. The molecule has 2 aliphatic rings. The van der Waals surface area contributed by atoms with Crippen LogP contribution >= 0.6 is 11.6 Å². The van der Waals surface area contributed by atoms with Gasteiger partial charge in [0.25, 0.3) is 10.0 Å². The molecular weight excluding hydrogens is 398 g/mol. The van der Waals surface area contributed by atoms with Crippen LogP contribution in [0.4, 0.5) is 0 Å². The van der Waals surface area contributed by atoms with Gasteiger partial charge in [-0.3, -0.25) is 4.79 Å². The van der Waals surface area contributed by atoms with Gasteiger partial charge in [0.15, 0.2) is 0 Å². The maximum atomic E-state index is 12.7. The Hall–Kier alpha value is -1.86. The Kier molecular flexibility index (Phi) is 6.15. The molecule has 8 heteroatoms. The quantitative estimate of drug-likeness (QED) is 0.747. The highest BCUT2D eigenvalue weighted by molar-refractivity contribution is 8.00. The second kappa shape index (κ2) is 8.25. The van der Waals surface area contributed by atoms with Crippen molar-refractivity contribution in [2.75, 3.05) is 26.2 Å². The first kappa shape index (κ1) is 20.9. The molecule has 3 rings (SSSR count). The Morgan fingerprint density at radius 2 is 1.82 bits per heavy atom. The highest BCUT2D eigenvalue weighted by atomic mass is 35.5. The average molecular weight is 424 g/mol. The minimum absolute atomic E-state index is 0.159. The van der Waals surface area contributed by atoms with Crippen LogP contribution in [0, 0.1) is 5.92 Å². The zero-order valence-corrected chi connectivity index (χ0v) is 18.1. The summed E-state index contributed by atoms with van der Waals surface area (Å²) >= 11 is 5.93. The Balaban J connectivity index is 1.82. The number of amides is 1. The van der Waals surface area contributed by atoms with E-state index in [2.05, 4.69) is 4.40 Å². The summed E-state index contributed by atoms with van der Waals surface area (Å²) in [5.74, 6) is 0.971. The van der Waals surface area contributed by atoms with Crippen LogP contribution in [0.2, 0.25) is 5.02 Å². The van der Waals surface area contributed by atoms with Crippen molar-refractivity contribution >= 4 is 38.3 Å². The van der Waals surface area contributed by atoms with Crippen molar-refractivity contribution in [2.24, 2.45) is 10.3 Å². The van der Waals surface area contributed by atoms with Gasteiger partial charge < -0.3 is 9.80 Å². The van der Waals surface area contributed by atoms with E-state index in [9.17, 15) is 13.2 Å². The molecule has 1 saturated heterocycles. The lowest BCUT2D eigenvalue weighted by atomic mass is 10.1. The summed E-state index contributed by atoms with van der Waals surface area (Å²) in [5.41, 5.74) is 1.23. The number of nitrogens with zero attached hydrogens (tertiary/aromatic N) is 3. The third-order valence-corrected chi connectivity index (χ3v) is 6.70. The number of amidine groups is 1. The fourth-order valence-electron chi connectivity index (χ4n) is 3.64. The molecule has 1 fully saturated rings. The largest absolute Gasteiger partial charge is 0.354 e. The standard InChI is InChI=1S/C20H26ClN3O3S/c1-14(2)13-18(25)23-9-4-10-24(12-11-23)20-15(3)19(28(26,27)22-20)16-5-7-17(21)8-6-16/h5-8,14H,4,9-13H2,1-3H3. The molecule has 28 heavy (non-hydrogen) atoms. The highest BCUT2D eigenvalue weighted by Gasteiger charge is 2.34. The summed E-state index contributed by atoms with van der Waals surface area (Å²) in [4.78, 5) is 16.5. The van der Waals surface area contributed by atoms with E-state index >= 15 is 0 Å². The molecule has 0 unspecified atom stereocenters. The lowest BCUT2D eigenvalue weighted by molar-refractivity contribution is -0.131. The molecule has 0 aromatic heterocycles. The van der Waals surface area contributed by atoms with Crippen molar-refractivity contribution < 1.29 is 13.2 Å². The summed E-state index contributed by atoms with van der Waals surface area (Å²) in [6, 6.07) is 6.75. The van der Waals surface area contributed by atoms with Gasteiger partial charge in [-0.05, 0) is 37.0 Å². The number of hydrogen-bond acceptors (Lipinski definition) is 4. The van der Waals surface area contributed by atoms with Crippen LogP contribution in [0.1, 0.15) is 39.2 Å². The van der Waals surface area contributed by atoms with Gasteiger partial charge in [0, 0.05) is 43.2 Å². The summed E-state index contributed by atoms with van der Waals surface area (Å²) in [6.07, 6.45) is 1.32. The number of rotatable bonds is 3. The van der Waals surface area contributed by atoms with E-state index in [1.54, 1.807) is 31.2 Å². The van der Waals surface area contributed by atoms with E-state index in [1.807, 2.05) is 23.6 Å². The van der Waals surface area contributed by atoms with Crippen LogP contribution in [-0.2, 0) is 14.8 Å². The summed E-state index contributed by atoms with van der Waals surface area (Å²) in [6.45, 7) is 8.37. The molecule has 0 saturated carbocycles. The third kappa shape index (κ3) is 4.41. The lowest BCUT2D eigenvalue weighted by Gasteiger charge is -2.24. The fourth-order valence-corrected chi connectivity index (χ4v) is 5.25. The van der Waals surface area contributed by atoms with E-state index in [1.165, 1.54) is 0 Å². The van der Waals surface area contributed by atoms with Crippen LogP contribution in [0.3, 0.4) is 0 Å². The highest BCUT2D eigenvalue weighted by Crippen LogP contribution is 2.34. The van der Waals surface area contributed by atoms with Crippen molar-refractivity contribution in [3.63, 3.8) is 0 Å². The van der Waals surface area contributed by atoms with Crippen LogP contribution in [0.15, 0.2) is 34.2 Å². The molecule has 0 aliphatic carbocycles. The number of benzene rings is 1. The Bertz CT molecular complexity index is 921. The van der Waals surface area contributed by atoms with E-state index in [-0.39, 0.29) is 10.8 Å². The van der Waals surface area contributed by atoms with E-state index in [0.717, 1.165) is 6.42 Å². The molecule has 6 nitrogen and oxygen atoms in total.